The fourth-order valence-electron chi connectivity index (χ4n) is 3.05. The van der Waals surface area contributed by atoms with Crippen LogP contribution in [0.4, 0.5) is 0 Å². The molecule has 0 unspecified atom stereocenters. The molecule has 1 aliphatic carbocycles. The van der Waals surface area contributed by atoms with E-state index in [1.165, 1.54) is 21.9 Å². The van der Waals surface area contributed by atoms with E-state index in [0.29, 0.717) is 17.8 Å². The summed E-state index contributed by atoms with van der Waals surface area (Å²) in [6.07, 6.45) is 8.56. The van der Waals surface area contributed by atoms with Crippen LogP contribution in [0.3, 0.4) is 0 Å². The van der Waals surface area contributed by atoms with Gasteiger partial charge in [0.1, 0.15) is 5.56 Å². The Morgan fingerprint density at radius 1 is 1.39 bits per heavy atom. The smallest absolute Gasteiger partial charge is 0.271 e. The van der Waals surface area contributed by atoms with Gasteiger partial charge in [-0.1, -0.05) is 25.7 Å². The molecule has 0 spiro atoms. The standard InChI is InChI=1S/C16H21N3O3S/c1-11-9-19-14(21)12(8-17-15(19)23-11)13(20)18-10-16(22)6-4-2-3-5-7-16/h8-9,22H,2-7,10H2,1H3,(H,18,20). The molecule has 0 atom stereocenters. The summed E-state index contributed by atoms with van der Waals surface area (Å²) < 4.78 is 1.40. The highest BCUT2D eigenvalue weighted by Gasteiger charge is 2.29. The maximum atomic E-state index is 12.4. The molecule has 0 aliphatic heterocycles. The van der Waals surface area contributed by atoms with Crippen LogP contribution >= 0.6 is 11.3 Å². The zero-order valence-corrected chi connectivity index (χ0v) is 14.0. The molecule has 2 aromatic heterocycles. The van der Waals surface area contributed by atoms with E-state index in [1.807, 2.05) is 6.92 Å². The van der Waals surface area contributed by atoms with E-state index in [-0.39, 0.29) is 17.7 Å². The Labute approximate surface area is 138 Å². The van der Waals surface area contributed by atoms with Crippen molar-refractivity contribution >= 4 is 22.2 Å². The molecular formula is C16H21N3O3S. The van der Waals surface area contributed by atoms with Crippen LogP contribution in [0, 0.1) is 6.92 Å². The molecule has 3 rings (SSSR count). The van der Waals surface area contributed by atoms with Gasteiger partial charge in [-0.25, -0.2) is 4.98 Å². The Balaban J connectivity index is 1.75. The number of aryl methyl sites for hydroxylation is 1. The molecule has 1 aliphatic rings. The van der Waals surface area contributed by atoms with E-state index in [0.717, 1.165) is 30.6 Å². The molecule has 0 aromatic carbocycles. The van der Waals surface area contributed by atoms with Gasteiger partial charge >= 0.3 is 0 Å². The Morgan fingerprint density at radius 3 is 2.78 bits per heavy atom. The molecule has 23 heavy (non-hydrogen) atoms. The van der Waals surface area contributed by atoms with Crippen molar-refractivity contribution in [3.8, 4) is 0 Å². The molecule has 1 fully saturated rings. The van der Waals surface area contributed by atoms with E-state index < -0.39 is 11.5 Å². The van der Waals surface area contributed by atoms with Gasteiger partial charge in [-0.3, -0.25) is 14.0 Å². The Bertz CT molecular complexity index is 772. The van der Waals surface area contributed by atoms with E-state index in [1.54, 1.807) is 6.20 Å². The lowest BCUT2D eigenvalue weighted by molar-refractivity contribution is 0.0246. The number of fused-ring (bicyclic) bond motifs is 1. The number of aliphatic hydroxyl groups is 1. The van der Waals surface area contributed by atoms with Crippen LogP contribution in [0.15, 0.2) is 17.2 Å². The molecule has 7 heteroatoms. The number of hydrogen-bond acceptors (Lipinski definition) is 5. The Hall–Kier alpha value is -1.73. The fourth-order valence-corrected chi connectivity index (χ4v) is 3.84. The number of nitrogens with one attached hydrogen (secondary N) is 1. The number of thiazole rings is 1. The number of hydrogen-bond donors (Lipinski definition) is 2. The van der Waals surface area contributed by atoms with Gasteiger partial charge in [-0.2, -0.15) is 0 Å². The summed E-state index contributed by atoms with van der Waals surface area (Å²) in [7, 11) is 0. The lowest BCUT2D eigenvalue weighted by Gasteiger charge is -2.26. The normalized spacial score (nSPS) is 17.8. The van der Waals surface area contributed by atoms with Crippen LogP contribution in [0.1, 0.15) is 53.8 Å². The molecule has 0 saturated heterocycles. The molecule has 1 amide bonds. The van der Waals surface area contributed by atoms with Gasteiger partial charge < -0.3 is 10.4 Å². The van der Waals surface area contributed by atoms with Crippen molar-refractivity contribution < 1.29 is 9.90 Å². The monoisotopic (exact) mass is 335 g/mol. The molecule has 6 nitrogen and oxygen atoms in total. The molecular weight excluding hydrogens is 314 g/mol. The predicted octanol–water partition coefficient (Wildman–Crippen LogP) is 1.88. The van der Waals surface area contributed by atoms with Crippen molar-refractivity contribution in [2.24, 2.45) is 0 Å². The van der Waals surface area contributed by atoms with E-state index in [2.05, 4.69) is 10.3 Å². The zero-order chi connectivity index (χ0) is 16.4. The molecule has 0 radical (unpaired) electrons. The van der Waals surface area contributed by atoms with Crippen LogP contribution < -0.4 is 10.9 Å². The highest BCUT2D eigenvalue weighted by Crippen LogP contribution is 2.26. The van der Waals surface area contributed by atoms with Crippen molar-refractivity contribution in [2.75, 3.05) is 6.54 Å². The average Bonchev–Trinajstić information content (AvgIpc) is 2.77. The van der Waals surface area contributed by atoms with Gasteiger partial charge in [-0.05, 0) is 19.8 Å². The van der Waals surface area contributed by atoms with Gasteiger partial charge in [0.15, 0.2) is 4.96 Å². The summed E-state index contributed by atoms with van der Waals surface area (Å²) in [5.41, 5.74) is -1.22. The average molecular weight is 335 g/mol. The lowest BCUT2D eigenvalue weighted by Crippen LogP contribution is -2.43. The summed E-state index contributed by atoms with van der Waals surface area (Å²) in [4.78, 5) is 30.4. The molecule has 0 bridgehead atoms. The maximum Gasteiger partial charge on any atom is 0.271 e. The van der Waals surface area contributed by atoms with Gasteiger partial charge in [-0.15, -0.1) is 11.3 Å². The number of carbonyl (C=O) groups excluding carboxylic acids is 1. The minimum absolute atomic E-state index is 0.0116. The second-order valence-corrected chi connectivity index (χ2v) is 7.51. The van der Waals surface area contributed by atoms with E-state index in [4.69, 9.17) is 0 Å². The molecule has 124 valence electrons. The first-order valence-corrected chi connectivity index (χ1v) is 8.79. The van der Waals surface area contributed by atoms with Crippen LogP contribution in [0.25, 0.3) is 4.96 Å². The largest absolute Gasteiger partial charge is 0.388 e. The van der Waals surface area contributed by atoms with Gasteiger partial charge in [0.2, 0.25) is 0 Å². The fraction of sp³-hybridized carbons (Fsp3) is 0.562. The summed E-state index contributed by atoms with van der Waals surface area (Å²) in [5, 5.41) is 13.3. The summed E-state index contributed by atoms with van der Waals surface area (Å²) in [6.45, 7) is 2.07. The number of nitrogens with zero attached hydrogens (tertiary/aromatic N) is 2. The molecule has 2 N–H and O–H groups in total. The second-order valence-electron chi connectivity index (χ2n) is 6.29. The van der Waals surface area contributed by atoms with Crippen LogP contribution in [0.5, 0.6) is 0 Å². The number of carbonyl (C=O) groups is 1. The van der Waals surface area contributed by atoms with Crippen LogP contribution in [-0.2, 0) is 0 Å². The van der Waals surface area contributed by atoms with Gasteiger partial charge in [0.25, 0.3) is 11.5 Å². The first-order valence-electron chi connectivity index (χ1n) is 7.97. The summed E-state index contributed by atoms with van der Waals surface area (Å²) in [5.74, 6) is -0.474. The van der Waals surface area contributed by atoms with E-state index >= 15 is 0 Å². The van der Waals surface area contributed by atoms with Crippen LogP contribution in [-0.4, -0.2) is 32.5 Å². The van der Waals surface area contributed by atoms with Crippen molar-refractivity contribution in [1.82, 2.24) is 14.7 Å². The van der Waals surface area contributed by atoms with E-state index in [9.17, 15) is 14.7 Å². The summed E-state index contributed by atoms with van der Waals surface area (Å²) >= 11 is 1.40. The summed E-state index contributed by atoms with van der Waals surface area (Å²) in [6, 6.07) is 0. The quantitative estimate of drug-likeness (QED) is 0.839. The van der Waals surface area contributed by atoms with Crippen molar-refractivity contribution in [2.45, 2.75) is 51.0 Å². The van der Waals surface area contributed by atoms with Crippen molar-refractivity contribution in [1.29, 1.82) is 0 Å². The second kappa shape index (κ2) is 6.41. The third-order valence-electron chi connectivity index (χ3n) is 4.38. The highest BCUT2D eigenvalue weighted by atomic mass is 32.1. The minimum atomic E-state index is -0.862. The Kier molecular flexibility index (Phi) is 4.50. The van der Waals surface area contributed by atoms with Crippen molar-refractivity contribution in [3.63, 3.8) is 0 Å². The maximum absolute atomic E-state index is 12.4. The zero-order valence-electron chi connectivity index (χ0n) is 13.2. The SMILES string of the molecule is Cc1cn2c(=O)c(C(=O)NCC3(O)CCCCCC3)cnc2s1. The lowest BCUT2D eigenvalue weighted by atomic mass is 9.94. The Morgan fingerprint density at radius 2 is 2.09 bits per heavy atom. The number of amides is 1. The van der Waals surface area contributed by atoms with Gasteiger partial charge in [0, 0.05) is 23.8 Å². The number of rotatable bonds is 3. The highest BCUT2D eigenvalue weighted by molar-refractivity contribution is 7.16. The number of aromatic nitrogens is 2. The van der Waals surface area contributed by atoms with Gasteiger partial charge in [0.05, 0.1) is 5.60 Å². The van der Waals surface area contributed by atoms with Crippen molar-refractivity contribution in [3.05, 3.63) is 33.2 Å². The van der Waals surface area contributed by atoms with Crippen LogP contribution in [0.2, 0.25) is 0 Å². The molecule has 2 heterocycles. The third kappa shape index (κ3) is 3.45. The molecule has 2 aromatic rings. The first kappa shape index (κ1) is 16.1. The minimum Gasteiger partial charge on any atom is -0.388 e. The third-order valence-corrected chi connectivity index (χ3v) is 5.29. The topological polar surface area (TPSA) is 83.7 Å². The first-order chi connectivity index (χ1) is 11.0. The molecule has 1 saturated carbocycles. The predicted molar refractivity (Wildman–Crippen MR) is 89.1 cm³/mol.